The number of carboxylic acids is 1. The number of sulfonamides is 1. The average Bonchev–Trinajstić information content (AvgIpc) is 2.37. The molecule has 1 aromatic rings. The molecule has 1 saturated heterocycles. The van der Waals surface area contributed by atoms with Crippen molar-refractivity contribution in [2.45, 2.75) is 0 Å². The standard InChI is InChI=1S/C12H15BrN2O4S/c1-20(18,19)15-6-4-14(5-7-15)11-3-2-9(13)8-10(11)12(16)17/h2-3,8H,4-7H2,1H3,(H,16,17). The number of nitrogens with zero attached hydrogens (tertiary/aromatic N) is 2. The average molecular weight is 363 g/mol. The number of aromatic carboxylic acids is 1. The molecule has 1 N–H and O–H groups in total. The maximum absolute atomic E-state index is 11.5. The third kappa shape index (κ3) is 3.31. The van der Waals surface area contributed by atoms with Gasteiger partial charge in [0, 0.05) is 30.7 Å². The SMILES string of the molecule is CS(=O)(=O)N1CCN(c2ccc(Br)cc2C(=O)O)CC1. The number of halogens is 1. The van der Waals surface area contributed by atoms with Gasteiger partial charge in [0.2, 0.25) is 10.0 Å². The quantitative estimate of drug-likeness (QED) is 0.874. The summed E-state index contributed by atoms with van der Waals surface area (Å²) in [5.41, 5.74) is 0.834. The molecule has 1 aliphatic rings. The summed E-state index contributed by atoms with van der Waals surface area (Å²) in [7, 11) is -3.18. The van der Waals surface area contributed by atoms with Gasteiger partial charge in [0.05, 0.1) is 17.5 Å². The van der Waals surface area contributed by atoms with Crippen LogP contribution in [0.5, 0.6) is 0 Å². The molecule has 0 spiro atoms. The van der Waals surface area contributed by atoms with Gasteiger partial charge in [-0.1, -0.05) is 15.9 Å². The van der Waals surface area contributed by atoms with Crippen molar-refractivity contribution in [3.05, 3.63) is 28.2 Å². The molecule has 0 amide bonds. The summed E-state index contributed by atoms with van der Waals surface area (Å²) in [6.45, 7) is 1.70. The summed E-state index contributed by atoms with van der Waals surface area (Å²) in [4.78, 5) is 13.2. The molecule has 6 nitrogen and oxygen atoms in total. The Morgan fingerprint density at radius 3 is 2.35 bits per heavy atom. The second kappa shape index (κ2) is 5.71. The first-order valence-corrected chi connectivity index (χ1v) is 8.66. The molecule has 1 aromatic carbocycles. The molecule has 20 heavy (non-hydrogen) atoms. The Hall–Kier alpha value is -1.12. The number of piperazine rings is 1. The van der Waals surface area contributed by atoms with Crippen molar-refractivity contribution in [2.24, 2.45) is 0 Å². The Kier molecular flexibility index (Phi) is 4.36. The molecule has 0 atom stereocenters. The molecule has 1 fully saturated rings. The molecule has 8 heteroatoms. The van der Waals surface area contributed by atoms with Gasteiger partial charge in [0.25, 0.3) is 0 Å². The molecular formula is C12H15BrN2O4S. The summed E-state index contributed by atoms with van der Waals surface area (Å²) in [5, 5.41) is 9.25. The molecule has 0 saturated carbocycles. The lowest BCUT2D eigenvalue weighted by Crippen LogP contribution is -2.48. The van der Waals surface area contributed by atoms with E-state index >= 15 is 0 Å². The van der Waals surface area contributed by atoms with Gasteiger partial charge in [-0.15, -0.1) is 0 Å². The van der Waals surface area contributed by atoms with Crippen LogP contribution in [0.2, 0.25) is 0 Å². The van der Waals surface area contributed by atoms with Crippen LogP contribution in [0.25, 0.3) is 0 Å². The number of carboxylic acid groups (broad SMARTS) is 1. The summed E-state index contributed by atoms with van der Waals surface area (Å²) >= 11 is 3.25. The topological polar surface area (TPSA) is 77.9 Å². The van der Waals surface area contributed by atoms with E-state index in [1.165, 1.54) is 10.6 Å². The predicted octanol–water partition coefficient (Wildman–Crippen LogP) is 1.23. The number of anilines is 1. The van der Waals surface area contributed by atoms with Gasteiger partial charge in [-0.3, -0.25) is 0 Å². The summed E-state index contributed by atoms with van der Waals surface area (Å²) in [5.74, 6) is -0.994. The molecule has 0 aromatic heterocycles. The van der Waals surface area contributed by atoms with Crippen LogP contribution in [-0.4, -0.2) is 56.2 Å². The smallest absolute Gasteiger partial charge is 0.337 e. The first-order chi connectivity index (χ1) is 9.29. The van der Waals surface area contributed by atoms with E-state index < -0.39 is 16.0 Å². The molecular weight excluding hydrogens is 348 g/mol. The summed E-state index contributed by atoms with van der Waals surface area (Å²) in [6.07, 6.45) is 1.19. The highest BCUT2D eigenvalue weighted by atomic mass is 79.9. The molecule has 2 rings (SSSR count). The normalized spacial score (nSPS) is 17.2. The summed E-state index contributed by atoms with van der Waals surface area (Å²) in [6, 6.07) is 5.08. The Morgan fingerprint density at radius 2 is 1.85 bits per heavy atom. The third-order valence-corrected chi connectivity index (χ3v) is 5.03. The highest BCUT2D eigenvalue weighted by Gasteiger charge is 2.25. The lowest BCUT2D eigenvalue weighted by Gasteiger charge is -2.35. The van der Waals surface area contributed by atoms with Crippen LogP contribution in [0.3, 0.4) is 0 Å². The van der Waals surface area contributed by atoms with Crippen LogP contribution in [0.1, 0.15) is 10.4 Å². The minimum Gasteiger partial charge on any atom is -0.478 e. The second-order valence-corrected chi connectivity index (χ2v) is 7.51. The fourth-order valence-corrected chi connectivity index (χ4v) is 3.40. The van der Waals surface area contributed by atoms with Crippen molar-refractivity contribution >= 4 is 37.6 Å². The zero-order chi connectivity index (χ0) is 14.9. The number of hydrogen-bond donors (Lipinski definition) is 1. The molecule has 1 aliphatic heterocycles. The van der Waals surface area contributed by atoms with E-state index in [0.29, 0.717) is 36.3 Å². The lowest BCUT2D eigenvalue weighted by molar-refractivity contribution is 0.0697. The minimum atomic E-state index is -3.18. The molecule has 1 heterocycles. The van der Waals surface area contributed by atoms with Crippen LogP contribution in [0, 0.1) is 0 Å². The van der Waals surface area contributed by atoms with Gasteiger partial charge in [0.1, 0.15) is 0 Å². The van der Waals surface area contributed by atoms with Gasteiger partial charge in [-0.2, -0.15) is 4.31 Å². The first-order valence-electron chi connectivity index (χ1n) is 6.02. The molecule has 0 bridgehead atoms. The number of carbonyl (C=O) groups is 1. The Balaban J connectivity index is 2.21. The predicted molar refractivity (Wildman–Crippen MR) is 79.7 cm³/mol. The van der Waals surface area contributed by atoms with E-state index in [4.69, 9.17) is 0 Å². The summed E-state index contributed by atoms with van der Waals surface area (Å²) < 4.78 is 25.0. The van der Waals surface area contributed by atoms with Gasteiger partial charge in [-0.05, 0) is 18.2 Å². The van der Waals surface area contributed by atoms with Crippen LogP contribution in [0.15, 0.2) is 22.7 Å². The maximum atomic E-state index is 11.5. The largest absolute Gasteiger partial charge is 0.478 e. The van der Waals surface area contributed by atoms with Crippen molar-refractivity contribution < 1.29 is 18.3 Å². The Labute approximate surface area is 126 Å². The van der Waals surface area contributed by atoms with Crippen molar-refractivity contribution in [3.63, 3.8) is 0 Å². The molecule has 0 radical (unpaired) electrons. The number of hydrogen-bond acceptors (Lipinski definition) is 4. The van der Waals surface area contributed by atoms with E-state index in [9.17, 15) is 18.3 Å². The third-order valence-electron chi connectivity index (χ3n) is 3.24. The van der Waals surface area contributed by atoms with E-state index in [1.807, 2.05) is 4.90 Å². The number of benzene rings is 1. The maximum Gasteiger partial charge on any atom is 0.337 e. The van der Waals surface area contributed by atoms with E-state index in [2.05, 4.69) is 15.9 Å². The highest BCUT2D eigenvalue weighted by Crippen LogP contribution is 2.26. The van der Waals surface area contributed by atoms with Gasteiger partial charge < -0.3 is 10.0 Å². The fourth-order valence-electron chi connectivity index (χ4n) is 2.22. The monoisotopic (exact) mass is 362 g/mol. The van der Waals surface area contributed by atoms with Crippen LogP contribution in [-0.2, 0) is 10.0 Å². The Morgan fingerprint density at radius 1 is 1.25 bits per heavy atom. The zero-order valence-corrected chi connectivity index (χ0v) is 13.3. The minimum absolute atomic E-state index is 0.215. The van der Waals surface area contributed by atoms with Crippen molar-refractivity contribution in [1.82, 2.24) is 4.31 Å². The fraction of sp³-hybridized carbons (Fsp3) is 0.417. The highest BCUT2D eigenvalue weighted by molar-refractivity contribution is 9.10. The van der Waals surface area contributed by atoms with E-state index in [0.717, 1.165) is 0 Å². The van der Waals surface area contributed by atoms with Crippen molar-refractivity contribution in [3.8, 4) is 0 Å². The first kappa shape index (κ1) is 15.3. The van der Waals surface area contributed by atoms with Crippen molar-refractivity contribution in [2.75, 3.05) is 37.3 Å². The Bertz CT molecular complexity index is 624. The van der Waals surface area contributed by atoms with Gasteiger partial charge in [-0.25, -0.2) is 13.2 Å². The van der Waals surface area contributed by atoms with Gasteiger partial charge in [0.15, 0.2) is 0 Å². The lowest BCUT2D eigenvalue weighted by atomic mass is 10.1. The molecule has 0 unspecified atom stereocenters. The van der Waals surface area contributed by atoms with Crippen LogP contribution in [0.4, 0.5) is 5.69 Å². The second-order valence-electron chi connectivity index (χ2n) is 4.62. The number of rotatable bonds is 3. The van der Waals surface area contributed by atoms with E-state index in [-0.39, 0.29) is 5.56 Å². The van der Waals surface area contributed by atoms with Crippen molar-refractivity contribution in [1.29, 1.82) is 0 Å². The molecule has 0 aliphatic carbocycles. The molecule has 110 valence electrons. The van der Waals surface area contributed by atoms with Crippen LogP contribution >= 0.6 is 15.9 Å². The van der Waals surface area contributed by atoms with E-state index in [1.54, 1.807) is 18.2 Å². The van der Waals surface area contributed by atoms with Gasteiger partial charge >= 0.3 is 5.97 Å². The zero-order valence-electron chi connectivity index (χ0n) is 10.9. The van der Waals surface area contributed by atoms with Crippen LogP contribution < -0.4 is 4.90 Å².